The summed E-state index contributed by atoms with van der Waals surface area (Å²) in [6.45, 7) is 9.62. The number of carbonyl (C=O) groups excluding carboxylic acids is 2. The van der Waals surface area contributed by atoms with Crippen molar-refractivity contribution in [2.24, 2.45) is 11.8 Å². The van der Waals surface area contributed by atoms with E-state index < -0.39 is 11.7 Å². The van der Waals surface area contributed by atoms with Crippen molar-refractivity contribution >= 4 is 23.7 Å². The van der Waals surface area contributed by atoms with Crippen molar-refractivity contribution in [2.75, 3.05) is 29.9 Å². The van der Waals surface area contributed by atoms with E-state index in [1.807, 2.05) is 11.8 Å². The molecule has 1 atom stereocenters. The molecule has 2 amide bonds. The highest BCUT2D eigenvalue weighted by Crippen LogP contribution is 2.39. The fraction of sp³-hybridized carbons (Fsp3) is 0.692. The molecule has 1 aromatic rings. The SMILES string of the molecule is CC1CCCN(c2ccc(NC(=O)C(C)C)cc2C(F)(F)F)C1.CCN(C=O)C1CCCCC1. The molecule has 8 heteroatoms. The van der Waals surface area contributed by atoms with Crippen LogP contribution in [0.2, 0.25) is 0 Å². The van der Waals surface area contributed by atoms with Gasteiger partial charge in [0.1, 0.15) is 0 Å². The van der Waals surface area contributed by atoms with Gasteiger partial charge in [-0.05, 0) is 56.7 Å². The van der Waals surface area contributed by atoms with Gasteiger partial charge in [-0.1, -0.05) is 40.0 Å². The minimum atomic E-state index is -4.45. The van der Waals surface area contributed by atoms with E-state index in [0.29, 0.717) is 25.0 Å². The zero-order valence-corrected chi connectivity index (χ0v) is 21.0. The molecule has 1 N–H and O–H groups in total. The Morgan fingerprint density at radius 3 is 2.38 bits per heavy atom. The topological polar surface area (TPSA) is 52.7 Å². The second-order valence-electron chi connectivity index (χ2n) is 9.79. The van der Waals surface area contributed by atoms with Crippen molar-refractivity contribution < 1.29 is 22.8 Å². The molecule has 192 valence electrons. The highest BCUT2D eigenvalue weighted by Gasteiger charge is 2.36. The van der Waals surface area contributed by atoms with Gasteiger partial charge < -0.3 is 15.1 Å². The third kappa shape index (κ3) is 8.20. The van der Waals surface area contributed by atoms with Crippen molar-refractivity contribution in [3.05, 3.63) is 23.8 Å². The van der Waals surface area contributed by atoms with E-state index in [1.165, 1.54) is 38.2 Å². The van der Waals surface area contributed by atoms with Crippen LogP contribution in [0.5, 0.6) is 0 Å². The highest BCUT2D eigenvalue weighted by atomic mass is 19.4. The second-order valence-corrected chi connectivity index (χ2v) is 9.79. The molecular formula is C26H40F3N3O2. The Labute approximate surface area is 202 Å². The van der Waals surface area contributed by atoms with Crippen molar-refractivity contribution in [2.45, 2.75) is 84.9 Å². The molecule has 0 spiro atoms. The first kappa shape index (κ1) is 28.0. The molecule has 0 aromatic heterocycles. The Kier molecular flexibility index (Phi) is 10.7. The molecule has 1 unspecified atom stereocenters. The number of piperidine rings is 1. The van der Waals surface area contributed by atoms with Crippen LogP contribution in [0.15, 0.2) is 18.2 Å². The van der Waals surface area contributed by atoms with E-state index in [4.69, 9.17) is 0 Å². The van der Waals surface area contributed by atoms with E-state index >= 15 is 0 Å². The molecule has 0 bridgehead atoms. The average molecular weight is 484 g/mol. The molecule has 2 fully saturated rings. The predicted octanol–water partition coefficient (Wildman–Crippen LogP) is 6.33. The molecule has 1 saturated heterocycles. The molecule has 34 heavy (non-hydrogen) atoms. The zero-order valence-electron chi connectivity index (χ0n) is 21.0. The standard InChI is InChI=1S/C17H23F3N2O.C9H17NO/c1-11(2)16(23)21-13-6-7-15(14(9-13)17(18,19)20)22-8-4-5-12(3)10-22;1-2-10(8-11)9-6-4-3-5-7-9/h6-7,9,11-12H,4-5,8,10H2,1-3H3,(H,21,23);8-9H,2-7H2,1H3. The molecule has 5 nitrogen and oxygen atoms in total. The number of alkyl halides is 3. The van der Waals surface area contributed by atoms with Crippen molar-refractivity contribution in [1.29, 1.82) is 0 Å². The van der Waals surface area contributed by atoms with Gasteiger partial charge in [-0.3, -0.25) is 9.59 Å². The fourth-order valence-corrected chi connectivity index (χ4v) is 4.64. The summed E-state index contributed by atoms with van der Waals surface area (Å²) in [6, 6.07) is 4.60. The van der Waals surface area contributed by atoms with Crippen LogP contribution in [-0.2, 0) is 15.8 Å². The van der Waals surface area contributed by atoms with Crippen LogP contribution >= 0.6 is 0 Å². The van der Waals surface area contributed by atoms with E-state index in [-0.39, 0.29) is 23.2 Å². The molecule has 1 saturated carbocycles. The quantitative estimate of drug-likeness (QED) is 0.481. The first-order valence-electron chi connectivity index (χ1n) is 12.5. The Bertz CT molecular complexity index is 792. The van der Waals surface area contributed by atoms with Crippen molar-refractivity contribution in [3.8, 4) is 0 Å². The van der Waals surface area contributed by atoms with E-state index in [0.717, 1.165) is 31.9 Å². The van der Waals surface area contributed by atoms with Gasteiger partial charge in [0.2, 0.25) is 12.3 Å². The number of hydrogen-bond donors (Lipinski definition) is 1. The van der Waals surface area contributed by atoms with Gasteiger partial charge in [-0.25, -0.2) is 0 Å². The maximum absolute atomic E-state index is 13.4. The van der Waals surface area contributed by atoms with E-state index in [2.05, 4.69) is 12.2 Å². The van der Waals surface area contributed by atoms with Gasteiger partial charge in [0.25, 0.3) is 0 Å². The maximum Gasteiger partial charge on any atom is 0.418 e. The summed E-state index contributed by atoms with van der Waals surface area (Å²) in [5, 5.41) is 2.54. The summed E-state index contributed by atoms with van der Waals surface area (Å²) in [7, 11) is 0. The number of anilines is 2. The monoisotopic (exact) mass is 483 g/mol. The first-order valence-corrected chi connectivity index (χ1v) is 12.5. The van der Waals surface area contributed by atoms with Crippen LogP contribution in [0.4, 0.5) is 24.5 Å². The van der Waals surface area contributed by atoms with Crippen molar-refractivity contribution in [3.63, 3.8) is 0 Å². The van der Waals surface area contributed by atoms with E-state index in [1.54, 1.807) is 24.8 Å². The third-order valence-electron chi connectivity index (χ3n) is 6.64. The number of amides is 2. The molecule has 2 aliphatic rings. The lowest BCUT2D eigenvalue weighted by molar-refractivity contribution is -0.137. The number of nitrogens with one attached hydrogen (secondary N) is 1. The summed E-state index contributed by atoms with van der Waals surface area (Å²) in [6.07, 6.45) is 4.87. The summed E-state index contributed by atoms with van der Waals surface area (Å²) in [5.74, 6) is -0.199. The van der Waals surface area contributed by atoms with Crippen LogP contribution in [0.3, 0.4) is 0 Å². The summed E-state index contributed by atoms with van der Waals surface area (Å²) < 4.78 is 40.3. The van der Waals surface area contributed by atoms with E-state index in [9.17, 15) is 22.8 Å². The Hall–Kier alpha value is -2.25. The number of halogens is 3. The Balaban J connectivity index is 0.000000310. The lowest BCUT2D eigenvalue weighted by Crippen LogP contribution is -2.35. The second kappa shape index (κ2) is 13.0. The molecule has 1 aromatic carbocycles. The smallest absolute Gasteiger partial charge is 0.371 e. The largest absolute Gasteiger partial charge is 0.418 e. The number of rotatable bonds is 6. The molecular weight excluding hydrogens is 443 g/mol. The van der Waals surface area contributed by atoms with Crippen LogP contribution in [0.1, 0.15) is 78.2 Å². The number of hydrogen-bond acceptors (Lipinski definition) is 3. The molecule has 3 rings (SSSR count). The fourth-order valence-electron chi connectivity index (χ4n) is 4.64. The summed E-state index contributed by atoms with van der Waals surface area (Å²) >= 11 is 0. The number of benzene rings is 1. The van der Waals surface area contributed by atoms with Crippen LogP contribution in [0, 0.1) is 11.8 Å². The average Bonchev–Trinajstić information content (AvgIpc) is 2.80. The molecule has 1 aliphatic carbocycles. The normalized spacial score (nSPS) is 19.3. The van der Waals surface area contributed by atoms with Gasteiger partial charge in [-0.2, -0.15) is 13.2 Å². The van der Waals surface area contributed by atoms with Gasteiger partial charge >= 0.3 is 6.18 Å². The summed E-state index contributed by atoms with van der Waals surface area (Å²) in [5.41, 5.74) is -0.301. The van der Waals surface area contributed by atoms with Gasteiger partial charge in [0, 0.05) is 43.0 Å². The van der Waals surface area contributed by atoms with Gasteiger partial charge in [0.05, 0.1) is 5.56 Å². The van der Waals surface area contributed by atoms with Crippen LogP contribution in [-0.4, -0.2) is 42.9 Å². The lowest BCUT2D eigenvalue weighted by Gasteiger charge is -2.34. The van der Waals surface area contributed by atoms with Crippen LogP contribution in [0.25, 0.3) is 0 Å². The predicted molar refractivity (Wildman–Crippen MR) is 131 cm³/mol. The first-order chi connectivity index (χ1) is 16.1. The third-order valence-corrected chi connectivity index (χ3v) is 6.64. The number of nitrogens with zero attached hydrogens (tertiary/aromatic N) is 2. The summed E-state index contributed by atoms with van der Waals surface area (Å²) in [4.78, 5) is 26.0. The van der Waals surface area contributed by atoms with Crippen molar-refractivity contribution in [1.82, 2.24) is 4.90 Å². The minimum absolute atomic E-state index is 0.185. The zero-order chi connectivity index (χ0) is 25.3. The Morgan fingerprint density at radius 2 is 1.85 bits per heavy atom. The number of carbonyl (C=O) groups is 2. The van der Waals surface area contributed by atoms with Crippen LogP contribution < -0.4 is 10.2 Å². The molecule has 1 heterocycles. The van der Waals surface area contributed by atoms with Gasteiger partial charge in [0.15, 0.2) is 0 Å². The maximum atomic E-state index is 13.4. The minimum Gasteiger partial charge on any atom is -0.371 e. The Morgan fingerprint density at radius 1 is 1.18 bits per heavy atom. The molecule has 0 radical (unpaired) electrons. The lowest BCUT2D eigenvalue weighted by atomic mass is 9.94. The highest BCUT2D eigenvalue weighted by molar-refractivity contribution is 5.92. The van der Waals surface area contributed by atoms with Gasteiger partial charge in [-0.15, -0.1) is 0 Å². The molecule has 1 aliphatic heterocycles.